The summed E-state index contributed by atoms with van der Waals surface area (Å²) in [6.07, 6.45) is 3.57. The maximum absolute atomic E-state index is 12.1. The van der Waals surface area contributed by atoms with Gasteiger partial charge in [0.05, 0.1) is 5.57 Å². The third kappa shape index (κ3) is 4.16. The van der Waals surface area contributed by atoms with E-state index in [1.54, 1.807) is 12.2 Å². The minimum Gasteiger partial charge on any atom is -0.489 e. The lowest BCUT2D eigenvalue weighted by molar-refractivity contribution is -0.130. The topological polar surface area (TPSA) is 35.5 Å². The number of rotatable bonds is 5. The average molecular weight is 389 g/mol. The first kappa shape index (κ1) is 18.1. The van der Waals surface area contributed by atoms with E-state index in [1.165, 1.54) is 0 Å². The van der Waals surface area contributed by atoms with Crippen molar-refractivity contribution in [3.8, 4) is 5.75 Å². The number of halogens is 1. The van der Waals surface area contributed by atoms with Crippen molar-refractivity contribution in [1.29, 1.82) is 0 Å². The second-order valence-corrected chi connectivity index (χ2v) is 6.72. The van der Waals surface area contributed by atoms with Crippen LogP contribution in [-0.2, 0) is 16.1 Å². The van der Waals surface area contributed by atoms with E-state index in [4.69, 9.17) is 21.1 Å². The highest BCUT2D eigenvalue weighted by Crippen LogP contribution is 2.27. The van der Waals surface area contributed by atoms with Gasteiger partial charge in [0.2, 0.25) is 0 Å². The summed E-state index contributed by atoms with van der Waals surface area (Å²) in [5.41, 5.74) is 3.22. The summed E-state index contributed by atoms with van der Waals surface area (Å²) in [5.74, 6) is 0.950. The molecule has 0 unspecified atom stereocenters. The lowest BCUT2D eigenvalue weighted by Crippen LogP contribution is -1.97. The molecule has 0 N–H and O–H groups in total. The van der Waals surface area contributed by atoms with E-state index >= 15 is 0 Å². The molecule has 0 bridgehead atoms. The van der Waals surface area contributed by atoms with Crippen molar-refractivity contribution in [2.24, 2.45) is 0 Å². The van der Waals surface area contributed by atoms with Gasteiger partial charge < -0.3 is 9.47 Å². The molecule has 0 aliphatic carbocycles. The van der Waals surface area contributed by atoms with Gasteiger partial charge in [-0.2, -0.15) is 0 Å². The molecule has 4 heteroatoms. The zero-order chi connectivity index (χ0) is 19.3. The zero-order valence-electron chi connectivity index (χ0n) is 15.0. The van der Waals surface area contributed by atoms with E-state index in [-0.39, 0.29) is 5.97 Å². The Morgan fingerprint density at radius 3 is 2.36 bits per heavy atom. The first-order chi connectivity index (χ1) is 13.7. The molecule has 4 rings (SSSR count). The van der Waals surface area contributed by atoms with Crippen LogP contribution < -0.4 is 4.74 Å². The van der Waals surface area contributed by atoms with E-state index in [0.717, 1.165) is 22.4 Å². The number of hydrogen-bond donors (Lipinski definition) is 0. The molecule has 3 aromatic carbocycles. The van der Waals surface area contributed by atoms with E-state index in [1.807, 2.05) is 78.9 Å². The Morgan fingerprint density at radius 1 is 0.893 bits per heavy atom. The quantitative estimate of drug-likeness (QED) is 0.403. The molecule has 0 aromatic heterocycles. The minimum absolute atomic E-state index is 0.349. The molecule has 3 nitrogen and oxygen atoms in total. The lowest BCUT2D eigenvalue weighted by atomic mass is 10.1. The molecule has 0 fully saturated rings. The average Bonchev–Trinajstić information content (AvgIpc) is 3.09. The molecule has 0 spiro atoms. The van der Waals surface area contributed by atoms with Crippen molar-refractivity contribution >= 4 is 29.4 Å². The van der Waals surface area contributed by atoms with Crippen LogP contribution in [-0.4, -0.2) is 5.97 Å². The number of carbonyl (C=O) groups excluding carboxylic acids is 1. The van der Waals surface area contributed by atoms with Gasteiger partial charge in [0.25, 0.3) is 0 Å². The normalized spacial score (nSPS) is 14.7. The van der Waals surface area contributed by atoms with Gasteiger partial charge in [-0.15, -0.1) is 0 Å². The summed E-state index contributed by atoms with van der Waals surface area (Å²) in [5, 5.41) is 0.685. The smallest absolute Gasteiger partial charge is 0.343 e. The first-order valence-electron chi connectivity index (χ1n) is 8.86. The van der Waals surface area contributed by atoms with Crippen molar-refractivity contribution in [3.63, 3.8) is 0 Å². The fraction of sp³-hybridized carbons (Fsp3) is 0.0417. The summed E-state index contributed by atoms with van der Waals surface area (Å²) in [6.45, 7) is 0.398. The highest BCUT2D eigenvalue weighted by molar-refractivity contribution is 6.31. The molecule has 0 saturated heterocycles. The Morgan fingerprint density at radius 2 is 1.61 bits per heavy atom. The molecular formula is C24H17ClO3. The Hall–Kier alpha value is -3.30. The maximum Gasteiger partial charge on any atom is 0.343 e. The third-order valence-electron chi connectivity index (χ3n) is 4.34. The van der Waals surface area contributed by atoms with Crippen LogP contribution in [0, 0.1) is 0 Å². The van der Waals surface area contributed by atoms with Crippen LogP contribution in [0.25, 0.3) is 11.8 Å². The third-order valence-corrected chi connectivity index (χ3v) is 4.71. The number of benzene rings is 3. The Labute approximate surface area is 168 Å². The first-order valence-corrected chi connectivity index (χ1v) is 9.24. The SMILES string of the molecule is O=C1OC(c2ccccc2)=C/C1=C\c1ccc(OCc2ccccc2Cl)cc1. The van der Waals surface area contributed by atoms with E-state index in [2.05, 4.69) is 0 Å². The molecule has 138 valence electrons. The van der Waals surface area contributed by atoms with Crippen LogP contribution >= 0.6 is 11.6 Å². The highest BCUT2D eigenvalue weighted by atomic mass is 35.5. The largest absolute Gasteiger partial charge is 0.489 e. The summed E-state index contributed by atoms with van der Waals surface area (Å²) < 4.78 is 11.2. The molecule has 0 radical (unpaired) electrons. The molecule has 1 aliphatic rings. The second-order valence-electron chi connectivity index (χ2n) is 6.31. The van der Waals surface area contributed by atoms with Gasteiger partial charge in [0, 0.05) is 16.1 Å². The van der Waals surface area contributed by atoms with Crippen molar-refractivity contribution < 1.29 is 14.3 Å². The predicted molar refractivity (Wildman–Crippen MR) is 111 cm³/mol. The van der Waals surface area contributed by atoms with Crippen molar-refractivity contribution in [2.75, 3.05) is 0 Å². The van der Waals surface area contributed by atoms with Gasteiger partial charge in [0.1, 0.15) is 18.1 Å². The Kier molecular flexibility index (Phi) is 5.27. The predicted octanol–water partition coefficient (Wildman–Crippen LogP) is 5.90. The summed E-state index contributed by atoms with van der Waals surface area (Å²) >= 11 is 6.14. The Bertz CT molecular complexity index is 1050. The molecule has 0 atom stereocenters. The van der Waals surface area contributed by atoms with Crippen LogP contribution in [0.1, 0.15) is 16.7 Å². The van der Waals surface area contributed by atoms with Crippen molar-refractivity contribution in [1.82, 2.24) is 0 Å². The molecule has 28 heavy (non-hydrogen) atoms. The summed E-state index contributed by atoms with van der Waals surface area (Å²) in [6, 6.07) is 24.7. The lowest BCUT2D eigenvalue weighted by Gasteiger charge is -2.08. The fourth-order valence-electron chi connectivity index (χ4n) is 2.85. The van der Waals surface area contributed by atoms with Crippen molar-refractivity contribution in [3.05, 3.63) is 112 Å². The van der Waals surface area contributed by atoms with E-state index in [9.17, 15) is 4.79 Å². The monoisotopic (exact) mass is 388 g/mol. The maximum atomic E-state index is 12.1. The molecule has 0 amide bonds. The van der Waals surface area contributed by atoms with Gasteiger partial charge >= 0.3 is 5.97 Å². The van der Waals surface area contributed by atoms with Crippen LogP contribution in [0.3, 0.4) is 0 Å². The van der Waals surface area contributed by atoms with E-state index in [0.29, 0.717) is 23.0 Å². The summed E-state index contributed by atoms with van der Waals surface area (Å²) in [7, 11) is 0. The number of cyclic esters (lactones) is 1. The van der Waals surface area contributed by atoms with Gasteiger partial charge in [-0.1, -0.05) is 72.3 Å². The highest BCUT2D eigenvalue weighted by Gasteiger charge is 2.21. The number of hydrogen-bond acceptors (Lipinski definition) is 3. The van der Waals surface area contributed by atoms with Crippen LogP contribution in [0.5, 0.6) is 5.75 Å². The molecule has 1 aliphatic heterocycles. The molecule has 0 saturated carbocycles. The fourth-order valence-corrected chi connectivity index (χ4v) is 3.04. The van der Waals surface area contributed by atoms with Crippen LogP contribution in [0.2, 0.25) is 5.02 Å². The standard InChI is InChI=1S/C24H17ClO3/c25-22-9-5-4-8-19(22)16-27-21-12-10-17(11-13-21)14-20-15-23(28-24(20)26)18-6-2-1-3-7-18/h1-15H,16H2/b20-14+. The van der Waals surface area contributed by atoms with Gasteiger partial charge in [-0.3, -0.25) is 0 Å². The van der Waals surface area contributed by atoms with Gasteiger partial charge in [-0.05, 0) is 35.9 Å². The Balaban J connectivity index is 1.46. The molecule has 3 aromatic rings. The molecule has 1 heterocycles. The van der Waals surface area contributed by atoms with E-state index < -0.39 is 0 Å². The van der Waals surface area contributed by atoms with Crippen LogP contribution in [0.15, 0.2) is 90.5 Å². The van der Waals surface area contributed by atoms with Crippen molar-refractivity contribution in [2.45, 2.75) is 6.61 Å². The summed E-state index contributed by atoms with van der Waals surface area (Å²) in [4.78, 5) is 12.1. The van der Waals surface area contributed by atoms with Crippen LogP contribution in [0.4, 0.5) is 0 Å². The molecular weight excluding hydrogens is 372 g/mol. The number of carbonyl (C=O) groups is 1. The van der Waals surface area contributed by atoms with Gasteiger partial charge in [-0.25, -0.2) is 4.79 Å². The minimum atomic E-state index is -0.349. The number of ether oxygens (including phenoxy) is 2. The van der Waals surface area contributed by atoms with Gasteiger partial charge in [0.15, 0.2) is 0 Å². The second kappa shape index (κ2) is 8.15. The zero-order valence-corrected chi connectivity index (χ0v) is 15.7. The number of esters is 1.